The predicted octanol–water partition coefficient (Wildman–Crippen LogP) is 0.675. The van der Waals surface area contributed by atoms with E-state index in [1.165, 1.54) is 16.8 Å². The minimum atomic E-state index is -3.17. The molecule has 2 heterocycles. The molecule has 158 valence electrons. The fourth-order valence-corrected chi connectivity index (χ4v) is 4.02. The second-order valence-corrected chi connectivity index (χ2v) is 8.58. The van der Waals surface area contributed by atoms with Gasteiger partial charge in [0.2, 0.25) is 10.0 Å². The summed E-state index contributed by atoms with van der Waals surface area (Å²) in [6, 6.07) is 3.39. The number of aliphatic imine (C=N–C) groups is 1. The number of hydrogen-bond acceptors (Lipinski definition) is 5. The van der Waals surface area contributed by atoms with Gasteiger partial charge in [-0.1, -0.05) is 6.92 Å². The van der Waals surface area contributed by atoms with Crippen LogP contribution in [0.25, 0.3) is 0 Å². The first kappa shape index (κ1) is 22.2. The third-order valence-electron chi connectivity index (χ3n) is 4.58. The van der Waals surface area contributed by atoms with E-state index in [2.05, 4.69) is 15.2 Å². The molecular formula is C18H31N5O4S. The van der Waals surface area contributed by atoms with Crippen LogP contribution in [0.4, 0.5) is 0 Å². The Morgan fingerprint density at radius 1 is 1.25 bits per heavy atom. The Balaban J connectivity index is 1.86. The molecule has 1 N–H and O–H groups in total. The molecule has 0 atom stereocenters. The van der Waals surface area contributed by atoms with Gasteiger partial charge in [0.05, 0.1) is 12.5 Å². The van der Waals surface area contributed by atoms with Gasteiger partial charge in [-0.25, -0.2) is 12.7 Å². The lowest BCUT2D eigenvalue weighted by Crippen LogP contribution is -2.53. The first-order valence-corrected chi connectivity index (χ1v) is 11.5. The highest BCUT2D eigenvalue weighted by atomic mass is 32.2. The van der Waals surface area contributed by atoms with Crippen molar-refractivity contribution in [2.24, 2.45) is 4.99 Å². The van der Waals surface area contributed by atoms with E-state index < -0.39 is 10.0 Å². The molecule has 1 aromatic rings. The Morgan fingerprint density at radius 3 is 2.46 bits per heavy atom. The molecule has 1 fully saturated rings. The summed E-state index contributed by atoms with van der Waals surface area (Å²) in [5, 5.41) is 3.28. The van der Waals surface area contributed by atoms with E-state index in [-0.39, 0.29) is 5.91 Å². The number of furan rings is 1. The molecule has 28 heavy (non-hydrogen) atoms. The zero-order valence-corrected chi connectivity index (χ0v) is 17.7. The number of nitrogens with zero attached hydrogens (tertiary/aromatic N) is 4. The number of nitrogens with one attached hydrogen (secondary N) is 1. The minimum absolute atomic E-state index is 0.0907. The van der Waals surface area contributed by atoms with Crippen molar-refractivity contribution in [3.63, 3.8) is 0 Å². The molecule has 1 amide bonds. The standard InChI is InChI=1S/C18H31N5O4S/c1-4-19-18(20-9-7-10-23(5-2)28(3,25)26)22-13-11-21(12-14-22)17(24)16-8-6-15-27-16/h6,8,15H,4-5,7,9-14H2,1-3H3,(H,19,20). The molecule has 1 saturated heterocycles. The van der Waals surface area contributed by atoms with Crippen LogP contribution in [0.2, 0.25) is 0 Å². The number of piperazine rings is 1. The Morgan fingerprint density at radius 2 is 1.93 bits per heavy atom. The number of hydrogen-bond donors (Lipinski definition) is 1. The van der Waals surface area contributed by atoms with Crippen molar-refractivity contribution >= 4 is 21.9 Å². The van der Waals surface area contributed by atoms with Gasteiger partial charge in [-0.15, -0.1) is 0 Å². The van der Waals surface area contributed by atoms with Crippen LogP contribution in [0.3, 0.4) is 0 Å². The maximum Gasteiger partial charge on any atom is 0.289 e. The molecule has 1 aromatic heterocycles. The SMILES string of the molecule is CCNC(=NCCCN(CC)S(C)(=O)=O)N1CCN(C(=O)c2ccco2)CC1. The molecule has 0 unspecified atom stereocenters. The highest BCUT2D eigenvalue weighted by Gasteiger charge is 2.25. The number of sulfonamides is 1. The van der Waals surface area contributed by atoms with Crippen LogP contribution in [0.1, 0.15) is 30.8 Å². The van der Waals surface area contributed by atoms with Crippen LogP contribution in [-0.4, -0.2) is 93.0 Å². The number of carbonyl (C=O) groups excluding carboxylic acids is 1. The van der Waals surface area contributed by atoms with Crippen molar-refractivity contribution in [2.45, 2.75) is 20.3 Å². The summed E-state index contributed by atoms with van der Waals surface area (Å²) < 4.78 is 29.9. The molecule has 0 spiro atoms. The van der Waals surface area contributed by atoms with Crippen LogP contribution in [0.5, 0.6) is 0 Å². The van der Waals surface area contributed by atoms with E-state index in [1.54, 1.807) is 17.0 Å². The summed E-state index contributed by atoms with van der Waals surface area (Å²) in [6.07, 6.45) is 3.39. The Hall–Kier alpha value is -2.07. The van der Waals surface area contributed by atoms with Gasteiger partial charge in [-0.3, -0.25) is 9.79 Å². The molecule has 2 rings (SSSR count). The van der Waals surface area contributed by atoms with Crippen LogP contribution < -0.4 is 5.32 Å². The predicted molar refractivity (Wildman–Crippen MR) is 109 cm³/mol. The topological polar surface area (TPSA) is 98.5 Å². The highest BCUT2D eigenvalue weighted by Crippen LogP contribution is 2.10. The van der Waals surface area contributed by atoms with Gasteiger partial charge in [0.15, 0.2) is 11.7 Å². The van der Waals surface area contributed by atoms with Crippen molar-refractivity contribution in [1.82, 2.24) is 19.4 Å². The van der Waals surface area contributed by atoms with Gasteiger partial charge >= 0.3 is 0 Å². The van der Waals surface area contributed by atoms with Gasteiger partial charge in [0, 0.05) is 52.4 Å². The second kappa shape index (κ2) is 10.5. The molecule has 0 saturated carbocycles. The lowest BCUT2D eigenvalue weighted by molar-refractivity contribution is 0.0657. The lowest BCUT2D eigenvalue weighted by atomic mass is 10.3. The summed E-state index contributed by atoms with van der Waals surface area (Å²) in [6.45, 7) is 8.62. The molecule has 0 aliphatic carbocycles. The molecule has 9 nitrogen and oxygen atoms in total. The molecule has 1 aliphatic rings. The number of guanidine groups is 1. The first-order valence-electron chi connectivity index (χ1n) is 9.68. The average Bonchev–Trinajstić information content (AvgIpc) is 3.20. The van der Waals surface area contributed by atoms with E-state index >= 15 is 0 Å². The zero-order chi connectivity index (χ0) is 20.6. The molecule has 0 aromatic carbocycles. The summed E-state index contributed by atoms with van der Waals surface area (Å²) in [5.74, 6) is 1.07. The molecular weight excluding hydrogens is 382 g/mol. The summed E-state index contributed by atoms with van der Waals surface area (Å²) in [7, 11) is -3.17. The van der Waals surface area contributed by atoms with Crippen molar-refractivity contribution in [2.75, 3.05) is 58.6 Å². The normalized spacial score (nSPS) is 15.9. The fourth-order valence-electron chi connectivity index (χ4n) is 3.09. The van der Waals surface area contributed by atoms with Crippen LogP contribution in [0, 0.1) is 0 Å². The van der Waals surface area contributed by atoms with Crippen molar-refractivity contribution in [3.8, 4) is 0 Å². The molecule has 1 aliphatic heterocycles. The summed E-state index contributed by atoms with van der Waals surface area (Å²) in [4.78, 5) is 20.9. The minimum Gasteiger partial charge on any atom is -0.459 e. The van der Waals surface area contributed by atoms with E-state index in [4.69, 9.17) is 4.42 Å². The monoisotopic (exact) mass is 413 g/mol. The van der Waals surface area contributed by atoms with Crippen molar-refractivity contribution in [3.05, 3.63) is 24.2 Å². The zero-order valence-electron chi connectivity index (χ0n) is 16.9. The highest BCUT2D eigenvalue weighted by molar-refractivity contribution is 7.88. The molecule has 0 radical (unpaired) electrons. The summed E-state index contributed by atoms with van der Waals surface area (Å²) in [5.41, 5.74) is 0. The lowest BCUT2D eigenvalue weighted by Gasteiger charge is -2.36. The second-order valence-electron chi connectivity index (χ2n) is 6.60. The maximum absolute atomic E-state index is 12.4. The van der Waals surface area contributed by atoms with Crippen molar-refractivity contribution < 1.29 is 17.6 Å². The first-order chi connectivity index (χ1) is 13.4. The number of rotatable bonds is 8. The number of carbonyl (C=O) groups is 1. The van der Waals surface area contributed by atoms with Crippen molar-refractivity contribution in [1.29, 1.82) is 0 Å². The van der Waals surface area contributed by atoms with E-state index in [9.17, 15) is 13.2 Å². The van der Waals surface area contributed by atoms with Gasteiger partial charge in [0.1, 0.15) is 0 Å². The van der Waals surface area contributed by atoms with E-state index in [0.29, 0.717) is 58.0 Å². The maximum atomic E-state index is 12.4. The average molecular weight is 414 g/mol. The Kier molecular flexibility index (Phi) is 8.31. The molecule has 0 bridgehead atoms. The van der Waals surface area contributed by atoms with E-state index in [0.717, 1.165) is 12.5 Å². The van der Waals surface area contributed by atoms with Gasteiger partial charge < -0.3 is 19.5 Å². The van der Waals surface area contributed by atoms with Gasteiger partial charge in [-0.05, 0) is 25.5 Å². The Labute approximate surface area is 167 Å². The number of amides is 1. The van der Waals surface area contributed by atoms with Gasteiger partial charge in [-0.2, -0.15) is 0 Å². The fraction of sp³-hybridized carbons (Fsp3) is 0.667. The van der Waals surface area contributed by atoms with Crippen LogP contribution >= 0.6 is 0 Å². The third-order valence-corrected chi connectivity index (χ3v) is 5.96. The Bertz CT molecular complexity index is 740. The van der Waals surface area contributed by atoms with Crippen LogP contribution in [0.15, 0.2) is 27.8 Å². The van der Waals surface area contributed by atoms with Gasteiger partial charge in [0.25, 0.3) is 5.91 Å². The molecule has 10 heteroatoms. The third kappa shape index (κ3) is 6.23. The smallest absolute Gasteiger partial charge is 0.289 e. The summed E-state index contributed by atoms with van der Waals surface area (Å²) >= 11 is 0. The largest absolute Gasteiger partial charge is 0.459 e. The van der Waals surface area contributed by atoms with Crippen LogP contribution in [-0.2, 0) is 10.0 Å². The quantitative estimate of drug-likeness (QED) is 0.382. The van der Waals surface area contributed by atoms with E-state index in [1.807, 2.05) is 13.8 Å².